The van der Waals surface area contributed by atoms with Gasteiger partial charge in [-0.05, 0) is 6.42 Å². The minimum absolute atomic E-state index is 0.302. The van der Waals surface area contributed by atoms with Crippen molar-refractivity contribution >= 4 is 20.2 Å². The fourth-order valence-electron chi connectivity index (χ4n) is 1.68. The van der Waals surface area contributed by atoms with Gasteiger partial charge in [0.05, 0.1) is 12.9 Å². The van der Waals surface area contributed by atoms with Crippen molar-refractivity contribution < 1.29 is 20.5 Å². The van der Waals surface area contributed by atoms with Crippen LogP contribution in [0.25, 0.3) is 0 Å². The fourth-order valence-corrected chi connectivity index (χ4v) is 4.41. The number of hydrogen-bond acceptors (Lipinski definition) is 7. The Bertz CT molecular complexity index is 511. The molecule has 0 radical (unpaired) electrons. The third-order valence-electron chi connectivity index (χ3n) is 2.36. The van der Waals surface area contributed by atoms with Crippen LogP contribution >= 0.6 is 0 Å². The first-order valence-corrected chi connectivity index (χ1v) is 8.73. The summed E-state index contributed by atoms with van der Waals surface area (Å²) in [6, 6.07) is 0. The fraction of sp³-hybridized carbons (Fsp3) is 0.778. The maximum absolute atomic E-state index is 11.9. The highest BCUT2D eigenvalue weighted by Gasteiger charge is 2.34. The van der Waals surface area contributed by atoms with Crippen molar-refractivity contribution in [1.29, 1.82) is 0 Å². The molecule has 18 heavy (non-hydrogen) atoms. The Balaban J connectivity index is 2.95. The van der Waals surface area contributed by atoms with Gasteiger partial charge in [0, 0.05) is 19.4 Å². The molecule has 1 rings (SSSR count). The summed E-state index contributed by atoms with van der Waals surface area (Å²) in [4.78, 5) is 3.34. The van der Waals surface area contributed by atoms with E-state index >= 15 is 0 Å². The van der Waals surface area contributed by atoms with Crippen LogP contribution in [0.2, 0.25) is 0 Å². The Morgan fingerprint density at radius 2 is 1.89 bits per heavy atom. The topological polar surface area (TPSA) is 84.0 Å². The number of hydrogen-bond donors (Lipinski definition) is 0. The summed E-state index contributed by atoms with van der Waals surface area (Å²) < 4.78 is 50.1. The van der Waals surface area contributed by atoms with Crippen LogP contribution in [0.4, 0.5) is 0 Å². The second kappa shape index (κ2) is 5.45. The third-order valence-corrected chi connectivity index (χ3v) is 5.28. The SMILES string of the molecule is CCCC(N1C=CN(C)C1)S(=O)(=O)OS(C)(=O)=O. The molecular weight excluding hydrogens is 280 g/mol. The van der Waals surface area contributed by atoms with E-state index < -0.39 is 25.6 Å². The van der Waals surface area contributed by atoms with Gasteiger partial charge < -0.3 is 9.80 Å². The minimum Gasteiger partial charge on any atom is -0.362 e. The molecule has 0 N–H and O–H groups in total. The van der Waals surface area contributed by atoms with Crippen LogP contribution in [-0.4, -0.2) is 52.0 Å². The molecule has 1 heterocycles. The molecule has 0 saturated carbocycles. The number of nitrogens with zero attached hydrogens (tertiary/aromatic N) is 2. The van der Waals surface area contributed by atoms with Gasteiger partial charge in [0.2, 0.25) is 0 Å². The van der Waals surface area contributed by atoms with E-state index in [2.05, 4.69) is 3.63 Å². The maximum atomic E-state index is 11.9. The summed E-state index contributed by atoms with van der Waals surface area (Å²) in [5, 5.41) is -0.988. The van der Waals surface area contributed by atoms with Crippen LogP contribution < -0.4 is 0 Å². The zero-order chi connectivity index (χ0) is 14.0. The van der Waals surface area contributed by atoms with Crippen LogP contribution in [0.15, 0.2) is 12.4 Å². The van der Waals surface area contributed by atoms with Gasteiger partial charge in [0.1, 0.15) is 0 Å². The van der Waals surface area contributed by atoms with E-state index in [-0.39, 0.29) is 0 Å². The molecule has 0 aromatic carbocycles. The predicted octanol–water partition coefficient (Wildman–Crippen LogP) is 0.0947. The van der Waals surface area contributed by atoms with Crippen molar-refractivity contribution in [3.63, 3.8) is 0 Å². The molecular formula is C9H18N2O5S2. The molecule has 7 nitrogen and oxygen atoms in total. The van der Waals surface area contributed by atoms with Crippen LogP contribution in [0, 0.1) is 0 Å². The average Bonchev–Trinajstić information content (AvgIpc) is 2.56. The van der Waals surface area contributed by atoms with E-state index in [1.165, 1.54) is 0 Å². The van der Waals surface area contributed by atoms with E-state index in [0.717, 1.165) is 6.26 Å². The van der Waals surface area contributed by atoms with Gasteiger partial charge in [-0.25, -0.2) is 0 Å². The molecule has 1 aliphatic heterocycles. The summed E-state index contributed by atoms with van der Waals surface area (Å²) in [5.41, 5.74) is 0. The van der Waals surface area contributed by atoms with E-state index in [1.54, 1.807) is 29.2 Å². The quantitative estimate of drug-likeness (QED) is 0.687. The first-order chi connectivity index (χ1) is 8.15. The van der Waals surface area contributed by atoms with Crippen molar-refractivity contribution in [2.45, 2.75) is 25.1 Å². The number of rotatable bonds is 6. The monoisotopic (exact) mass is 298 g/mol. The van der Waals surface area contributed by atoms with Gasteiger partial charge >= 0.3 is 10.1 Å². The Morgan fingerprint density at radius 3 is 2.28 bits per heavy atom. The predicted molar refractivity (Wildman–Crippen MR) is 67.2 cm³/mol. The molecule has 106 valence electrons. The highest BCUT2D eigenvalue weighted by Crippen LogP contribution is 2.21. The van der Waals surface area contributed by atoms with E-state index in [1.807, 2.05) is 6.92 Å². The lowest BCUT2D eigenvalue weighted by Gasteiger charge is -2.27. The van der Waals surface area contributed by atoms with Crippen LogP contribution in [0.3, 0.4) is 0 Å². The molecule has 0 aromatic rings. The molecule has 0 aliphatic carbocycles. The average molecular weight is 298 g/mol. The van der Waals surface area contributed by atoms with Crippen LogP contribution in [0.1, 0.15) is 19.8 Å². The Hall–Kier alpha value is -0.800. The molecule has 1 unspecified atom stereocenters. The molecule has 9 heteroatoms. The van der Waals surface area contributed by atoms with Gasteiger partial charge in [0.25, 0.3) is 10.1 Å². The van der Waals surface area contributed by atoms with Crippen molar-refractivity contribution in [3.8, 4) is 0 Å². The Kier molecular flexibility index (Phi) is 4.62. The summed E-state index contributed by atoms with van der Waals surface area (Å²) in [6.07, 6.45) is 4.96. The first kappa shape index (κ1) is 15.3. The van der Waals surface area contributed by atoms with E-state index in [4.69, 9.17) is 0 Å². The summed E-state index contributed by atoms with van der Waals surface area (Å²) >= 11 is 0. The maximum Gasteiger partial charge on any atom is 0.303 e. The molecule has 0 spiro atoms. The second-order valence-electron chi connectivity index (χ2n) is 4.22. The highest BCUT2D eigenvalue weighted by atomic mass is 32.3. The standard InChI is InChI=1S/C9H18N2O5S2/c1-4-5-9(11-7-6-10(2)8-11)18(14,15)16-17(3,12)13/h6-7,9H,4-5,8H2,1-3H3. The van der Waals surface area contributed by atoms with Crippen molar-refractivity contribution in [1.82, 2.24) is 9.80 Å². The summed E-state index contributed by atoms with van der Waals surface area (Å²) in [5.74, 6) is 0. The third kappa shape index (κ3) is 4.14. The van der Waals surface area contributed by atoms with E-state index in [9.17, 15) is 16.8 Å². The normalized spacial score (nSPS) is 18.4. The zero-order valence-electron chi connectivity index (χ0n) is 10.6. The molecule has 0 amide bonds. The lowest BCUT2D eigenvalue weighted by molar-refractivity contribution is 0.257. The second-order valence-corrected chi connectivity index (χ2v) is 7.70. The summed E-state index contributed by atoms with van der Waals surface area (Å²) in [7, 11) is -6.43. The molecule has 1 aliphatic rings. The Morgan fingerprint density at radius 1 is 1.28 bits per heavy atom. The molecule has 0 bridgehead atoms. The van der Waals surface area contributed by atoms with Gasteiger partial charge in [-0.3, -0.25) is 0 Å². The van der Waals surface area contributed by atoms with Gasteiger partial charge in [-0.2, -0.15) is 16.8 Å². The Labute approximate surface area is 108 Å². The molecule has 1 atom stereocenters. The summed E-state index contributed by atoms with van der Waals surface area (Å²) in [6.45, 7) is 2.21. The highest BCUT2D eigenvalue weighted by molar-refractivity contribution is 7.99. The van der Waals surface area contributed by atoms with Crippen molar-refractivity contribution in [3.05, 3.63) is 12.4 Å². The smallest absolute Gasteiger partial charge is 0.303 e. The van der Waals surface area contributed by atoms with E-state index in [0.29, 0.717) is 19.5 Å². The van der Waals surface area contributed by atoms with Crippen molar-refractivity contribution in [2.75, 3.05) is 20.0 Å². The van der Waals surface area contributed by atoms with Gasteiger partial charge in [-0.15, -0.1) is 3.63 Å². The molecule has 0 aromatic heterocycles. The van der Waals surface area contributed by atoms with Gasteiger partial charge in [-0.1, -0.05) is 13.3 Å². The lowest BCUT2D eigenvalue weighted by atomic mass is 10.3. The molecule has 0 saturated heterocycles. The van der Waals surface area contributed by atoms with Crippen molar-refractivity contribution in [2.24, 2.45) is 0 Å². The first-order valence-electron chi connectivity index (χ1n) is 5.45. The largest absolute Gasteiger partial charge is 0.362 e. The lowest BCUT2D eigenvalue weighted by Crippen LogP contribution is -2.40. The minimum atomic E-state index is -4.19. The van der Waals surface area contributed by atoms with Crippen LogP contribution in [0.5, 0.6) is 0 Å². The zero-order valence-corrected chi connectivity index (χ0v) is 12.2. The van der Waals surface area contributed by atoms with Gasteiger partial charge in [0.15, 0.2) is 5.37 Å². The molecule has 0 fully saturated rings. The van der Waals surface area contributed by atoms with Crippen LogP contribution in [-0.2, 0) is 23.9 Å².